The molecule has 0 saturated carbocycles. The molecule has 0 amide bonds. The molecule has 0 aliphatic heterocycles. The van der Waals surface area contributed by atoms with E-state index in [0.29, 0.717) is 0 Å². The standard InChI is InChI=1S/C36H25B/c37-36-31-12-6-4-10-26(31)35(27-11-5-7-13-32(27)36)30-21-17-24-15-19-28-25(22-8-2-1-3-9-22)18-14-23-16-20-29(30)34(24)33(23)28/h1-2,4-8,10-13,15-17,19-21H,3,9,14,18H2. The Labute approximate surface area is 218 Å². The maximum Gasteiger partial charge on any atom is 0.115 e. The largest absolute Gasteiger partial charge is 0.115 e. The van der Waals surface area contributed by atoms with Crippen LogP contribution < -0.4 is 10.7 Å². The number of fused-ring (bicyclic) bond motifs is 2. The van der Waals surface area contributed by atoms with Crippen molar-refractivity contribution in [2.24, 2.45) is 0 Å². The van der Waals surface area contributed by atoms with E-state index in [4.69, 9.17) is 7.85 Å². The van der Waals surface area contributed by atoms with E-state index < -0.39 is 0 Å². The van der Waals surface area contributed by atoms with Gasteiger partial charge in [0, 0.05) is 0 Å². The summed E-state index contributed by atoms with van der Waals surface area (Å²) < 4.78 is 0. The zero-order valence-electron chi connectivity index (χ0n) is 20.7. The van der Waals surface area contributed by atoms with E-state index in [0.717, 1.165) is 41.9 Å². The lowest BCUT2D eigenvalue weighted by atomic mass is 9.79. The molecule has 0 bridgehead atoms. The van der Waals surface area contributed by atoms with E-state index in [9.17, 15) is 0 Å². The van der Waals surface area contributed by atoms with Crippen molar-refractivity contribution in [3.8, 4) is 11.1 Å². The van der Waals surface area contributed by atoms with Crippen LogP contribution in [-0.4, -0.2) is 7.85 Å². The van der Waals surface area contributed by atoms with Gasteiger partial charge in [0.1, 0.15) is 7.85 Å². The number of benzene rings is 6. The Morgan fingerprint density at radius 2 is 1.32 bits per heavy atom. The highest BCUT2D eigenvalue weighted by Gasteiger charge is 2.21. The molecule has 37 heavy (non-hydrogen) atoms. The van der Waals surface area contributed by atoms with E-state index in [-0.39, 0.29) is 0 Å². The van der Waals surface area contributed by atoms with Crippen LogP contribution in [0.15, 0.2) is 109 Å². The molecule has 2 aliphatic carbocycles. The van der Waals surface area contributed by atoms with Crippen molar-refractivity contribution in [2.75, 3.05) is 0 Å². The molecule has 172 valence electrons. The molecule has 2 aliphatic rings. The quantitative estimate of drug-likeness (QED) is 0.179. The third kappa shape index (κ3) is 2.98. The van der Waals surface area contributed by atoms with Gasteiger partial charge in [-0.2, -0.15) is 0 Å². The summed E-state index contributed by atoms with van der Waals surface area (Å²) in [5, 5.41) is 11.6. The molecule has 0 N–H and O–H groups in total. The van der Waals surface area contributed by atoms with Crippen LogP contribution in [0, 0.1) is 0 Å². The molecule has 0 heterocycles. The van der Waals surface area contributed by atoms with Crippen LogP contribution in [0.5, 0.6) is 0 Å². The highest BCUT2D eigenvalue weighted by Crippen LogP contribution is 2.42. The van der Waals surface area contributed by atoms with Gasteiger partial charge in [-0.25, -0.2) is 0 Å². The maximum atomic E-state index is 6.72. The first-order valence-corrected chi connectivity index (χ1v) is 13.3. The van der Waals surface area contributed by atoms with E-state index in [1.807, 2.05) is 0 Å². The number of allylic oxidation sites excluding steroid dienone is 4. The average molecular weight is 468 g/mol. The van der Waals surface area contributed by atoms with Crippen LogP contribution in [0.1, 0.15) is 24.8 Å². The van der Waals surface area contributed by atoms with Gasteiger partial charge in [-0.3, -0.25) is 0 Å². The van der Waals surface area contributed by atoms with Gasteiger partial charge in [-0.15, -0.1) is 0 Å². The van der Waals surface area contributed by atoms with Gasteiger partial charge in [0.25, 0.3) is 0 Å². The highest BCUT2D eigenvalue weighted by atomic mass is 14.2. The molecule has 6 aromatic rings. The third-order valence-corrected chi connectivity index (χ3v) is 8.61. The summed E-state index contributed by atoms with van der Waals surface area (Å²) in [5.74, 6) is 0. The van der Waals surface area contributed by atoms with Gasteiger partial charge in [-0.05, 0) is 102 Å². The minimum atomic E-state index is 0.863. The summed E-state index contributed by atoms with van der Waals surface area (Å²) in [6.45, 7) is 0. The molecule has 0 fully saturated rings. The van der Waals surface area contributed by atoms with E-state index in [2.05, 4.69) is 103 Å². The van der Waals surface area contributed by atoms with Crippen LogP contribution in [0.25, 0.3) is 59.8 Å². The van der Waals surface area contributed by atoms with Crippen LogP contribution in [0.2, 0.25) is 0 Å². The van der Waals surface area contributed by atoms with Crippen molar-refractivity contribution in [1.29, 1.82) is 0 Å². The van der Waals surface area contributed by atoms with Crippen LogP contribution >= 0.6 is 0 Å². The molecule has 0 aromatic heterocycles. The molecule has 2 radical (unpaired) electrons. The maximum absolute atomic E-state index is 6.72. The smallest absolute Gasteiger partial charge is 0.0842 e. The summed E-state index contributed by atoms with van der Waals surface area (Å²) >= 11 is 0. The lowest BCUT2D eigenvalue weighted by Crippen LogP contribution is -2.17. The lowest BCUT2D eigenvalue weighted by molar-refractivity contribution is 0.940. The van der Waals surface area contributed by atoms with Crippen LogP contribution in [0.3, 0.4) is 0 Å². The minimum absolute atomic E-state index is 0.863. The normalized spacial score (nSPS) is 15.2. The molecule has 6 aromatic carbocycles. The summed E-state index contributed by atoms with van der Waals surface area (Å²) in [4.78, 5) is 0. The Kier molecular flexibility index (Phi) is 4.52. The fraction of sp³-hybridized carbons (Fsp3) is 0.111. The molecule has 0 spiro atoms. The molecule has 1 heteroatoms. The first-order valence-electron chi connectivity index (χ1n) is 13.3. The van der Waals surface area contributed by atoms with Gasteiger partial charge in [0.05, 0.1) is 0 Å². The van der Waals surface area contributed by atoms with Crippen molar-refractivity contribution in [3.05, 3.63) is 120 Å². The highest BCUT2D eigenvalue weighted by molar-refractivity contribution is 6.47. The van der Waals surface area contributed by atoms with Gasteiger partial charge in [-0.1, -0.05) is 109 Å². The monoisotopic (exact) mass is 468 g/mol. The molecule has 0 saturated heterocycles. The van der Waals surface area contributed by atoms with Gasteiger partial charge >= 0.3 is 0 Å². The Morgan fingerprint density at radius 3 is 2.05 bits per heavy atom. The lowest BCUT2D eigenvalue weighted by Gasteiger charge is -2.23. The van der Waals surface area contributed by atoms with Crippen LogP contribution in [0.4, 0.5) is 0 Å². The van der Waals surface area contributed by atoms with E-state index in [1.165, 1.54) is 59.8 Å². The Hall–Kier alpha value is -4.10. The van der Waals surface area contributed by atoms with Crippen molar-refractivity contribution >= 4 is 62.0 Å². The number of rotatable bonds is 2. The van der Waals surface area contributed by atoms with Crippen molar-refractivity contribution < 1.29 is 0 Å². The zero-order valence-corrected chi connectivity index (χ0v) is 20.7. The molecule has 0 unspecified atom stereocenters. The van der Waals surface area contributed by atoms with Crippen molar-refractivity contribution in [3.63, 3.8) is 0 Å². The third-order valence-electron chi connectivity index (χ3n) is 8.61. The SMILES string of the molecule is [B]c1c2ccccc2c(-c2ccc3ccc4c5c(ccc2c35)CCC=4C2=CC=CCC2)c2ccccc12. The van der Waals surface area contributed by atoms with Crippen molar-refractivity contribution in [1.82, 2.24) is 0 Å². The molecule has 0 atom stereocenters. The molecular weight excluding hydrogens is 443 g/mol. The summed E-state index contributed by atoms with van der Waals surface area (Å²) in [6.07, 6.45) is 11.4. The average Bonchev–Trinajstić information content (AvgIpc) is 2.97. The first kappa shape index (κ1) is 21.0. The van der Waals surface area contributed by atoms with Gasteiger partial charge < -0.3 is 0 Å². The fourth-order valence-electron chi connectivity index (χ4n) is 6.93. The van der Waals surface area contributed by atoms with E-state index >= 15 is 0 Å². The second-order valence-electron chi connectivity index (χ2n) is 10.5. The summed E-state index contributed by atoms with van der Waals surface area (Å²) in [6, 6.07) is 31.3. The second kappa shape index (κ2) is 7.95. The Balaban J connectivity index is 1.54. The molecule has 0 nitrogen and oxygen atoms in total. The Morgan fingerprint density at radius 1 is 0.595 bits per heavy atom. The number of aryl methyl sites for hydroxylation is 1. The van der Waals surface area contributed by atoms with Gasteiger partial charge in [0.2, 0.25) is 0 Å². The predicted octanol–water partition coefficient (Wildman–Crippen LogP) is 7.85. The number of hydrogen-bond donors (Lipinski definition) is 0. The second-order valence-corrected chi connectivity index (χ2v) is 10.5. The predicted molar refractivity (Wildman–Crippen MR) is 161 cm³/mol. The topological polar surface area (TPSA) is 0 Å². The van der Waals surface area contributed by atoms with Gasteiger partial charge in [0.15, 0.2) is 0 Å². The number of hydrogen-bond acceptors (Lipinski definition) is 0. The fourth-order valence-corrected chi connectivity index (χ4v) is 6.93. The van der Waals surface area contributed by atoms with Crippen molar-refractivity contribution in [2.45, 2.75) is 25.7 Å². The molecule has 8 rings (SSSR count). The van der Waals surface area contributed by atoms with Crippen LogP contribution in [-0.2, 0) is 6.42 Å². The summed E-state index contributed by atoms with van der Waals surface area (Å²) in [7, 11) is 6.72. The zero-order chi connectivity index (χ0) is 24.5. The van der Waals surface area contributed by atoms with E-state index in [1.54, 1.807) is 5.57 Å². The molecular formula is C36H25B. The minimum Gasteiger partial charge on any atom is -0.0842 e. The Bertz CT molecular complexity index is 1980. The first-order chi connectivity index (χ1) is 18.3. The summed E-state index contributed by atoms with van der Waals surface area (Å²) in [5.41, 5.74) is 7.97.